The first-order valence-electron chi connectivity index (χ1n) is 12.1. The molecule has 0 nitrogen and oxygen atoms in total. The van der Waals surface area contributed by atoms with Gasteiger partial charge in [0.25, 0.3) is 0 Å². The Hall–Kier alpha value is -0.260. The molecule has 0 spiro atoms. The molecule has 1 aliphatic carbocycles. The third kappa shape index (κ3) is 18.3. The van der Waals surface area contributed by atoms with Crippen LogP contribution in [0.25, 0.3) is 0 Å². The van der Waals surface area contributed by atoms with E-state index in [1.807, 2.05) is 0 Å². The fraction of sp³-hybridized carbons (Fsp3) is 0.920. The summed E-state index contributed by atoms with van der Waals surface area (Å²) in [4.78, 5) is 0. The summed E-state index contributed by atoms with van der Waals surface area (Å²) >= 11 is 0. The van der Waals surface area contributed by atoms with Gasteiger partial charge in [-0.15, -0.1) is 0 Å². The third-order valence-corrected chi connectivity index (χ3v) is 5.81. The molecule has 0 amide bonds. The van der Waals surface area contributed by atoms with Crippen molar-refractivity contribution in [3.8, 4) is 0 Å². The van der Waals surface area contributed by atoms with Crippen molar-refractivity contribution in [1.29, 1.82) is 0 Å². The summed E-state index contributed by atoms with van der Waals surface area (Å²) in [7, 11) is 0. The zero-order valence-electron chi connectivity index (χ0n) is 17.3. The lowest BCUT2D eigenvalue weighted by molar-refractivity contribution is 0.520. The molecule has 0 aliphatic heterocycles. The maximum absolute atomic E-state index is 3.52. The molecule has 0 saturated heterocycles. The fourth-order valence-electron chi connectivity index (χ4n) is 4.04. The zero-order chi connectivity index (χ0) is 17.7. The van der Waals surface area contributed by atoms with Crippen LogP contribution in [0.2, 0.25) is 0 Å². The van der Waals surface area contributed by atoms with Gasteiger partial charge in [0.2, 0.25) is 0 Å². The predicted octanol–water partition coefficient (Wildman–Crippen LogP) is 9.33. The van der Waals surface area contributed by atoms with E-state index in [0.717, 1.165) is 0 Å². The SMILES string of the molecule is [C]1=C\CCCCCCCCCCCCCCCCCCCCCCC/1. The third-order valence-electron chi connectivity index (χ3n) is 5.81. The highest BCUT2D eigenvalue weighted by molar-refractivity contribution is 4.73. The Labute approximate surface area is 160 Å². The van der Waals surface area contributed by atoms with Gasteiger partial charge in [0, 0.05) is 0 Å². The van der Waals surface area contributed by atoms with Crippen molar-refractivity contribution in [2.75, 3.05) is 0 Å². The normalized spacial score (nSPS) is 24.6. The van der Waals surface area contributed by atoms with E-state index in [9.17, 15) is 0 Å². The standard InChI is InChI=1S/C25H47/c1-2-4-6-8-10-12-14-16-18-20-22-24-25-23-21-19-17-15-13-11-9-7-5-3-1/h1H,2,4-25H2. The van der Waals surface area contributed by atoms with Gasteiger partial charge in [-0.3, -0.25) is 0 Å². The van der Waals surface area contributed by atoms with Crippen LogP contribution in [0.3, 0.4) is 0 Å². The highest BCUT2D eigenvalue weighted by atomic mass is 14.0. The maximum atomic E-state index is 3.52. The molecule has 1 rings (SSSR count). The largest absolute Gasteiger partial charge is 0.0811 e. The molecule has 0 bridgehead atoms. The Morgan fingerprint density at radius 1 is 0.320 bits per heavy atom. The summed E-state index contributed by atoms with van der Waals surface area (Å²) in [5.41, 5.74) is 0. The van der Waals surface area contributed by atoms with E-state index in [1.165, 1.54) is 148 Å². The van der Waals surface area contributed by atoms with Gasteiger partial charge >= 0.3 is 0 Å². The van der Waals surface area contributed by atoms with Crippen molar-refractivity contribution < 1.29 is 0 Å². The quantitative estimate of drug-likeness (QED) is 0.409. The monoisotopic (exact) mass is 347 g/mol. The van der Waals surface area contributed by atoms with Gasteiger partial charge in [-0.25, -0.2) is 0 Å². The Kier molecular flexibility index (Phi) is 18.3. The Morgan fingerprint density at radius 2 is 0.600 bits per heavy atom. The van der Waals surface area contributed by atoms with E-state index in [2.05, 4.69) is 12.2 Å². The van der Waals surface area contributed by atoms with E-state index in [-0.39, 0.29) is 0 Å². The van der Waals surface area contributed by atoms with Gasteiger partial charge < -0.3 is 0 Å². The van der Waals surface area contributed by atoms with Crippen molar-refractivity contribution in [3.05, 3.63) is 12.2 Å². The van der Waals surface area contributed by atoms with Crippen molar-refractivity contribution >= 4 is 0 Å². The van der Waals surface area contributed by atoms with Crippen LogP contribution in [0.5, 0.6) is 0 Å². The lowest BCUT2D eigenvalue weighted by atomic mass is 10.0. The molecule has 0 heterocycles. The van der Waals surface area contributed by atoms with Crippen LogP contribution < -0.4 is 0 Å². The minimum atomic E-state index is 1.19. The van der Waals surface area contributed by atoms with Crippen LogP contribution in [-0.4, -0.2) is 0 Å². The predicted molar refractivity (Wildman–Crippen MR) is 114 cm³/mol. The summed E-state index contributed by atoms with van der Waals surface area (Å²) in [5, 5.41) is 0. The summed E-state index contributed by atoms with van der Waals surface area (Å²) in [6, 6.07) is 0. The molecule has 0 aromatic rings. The van der Waals surface area contributed by atoms with Crippen LogP contribution in [0.1, 0.15) is 148 Å². The fourth-order valence-corrected chi connectivity index (χ4v) is 4.04. The van der Waals surface area contributed by atoms with Crippen LogP contribution in [0.4, 0.5) is 0 Å². The second-order valence-corrected chi connectivity index (χ2v) is 8.37. The summed E-state index contributed by atoms with van der Waals surface area (Å²) in [6.45, 7) is 0. The molecule has 0 N–H and O–H groups in total. The molecule has 1 radical (unpaired) electrons. The zero-order valence-corrected chi connectivity index (χ0v) is 17.3. The van der Waals surface area contributed by atoms with Crippen molar-refractivity contribution in [2.45, 2.75) is 148 Å². The van der Waals surface area contributed by atoms with E-state index in [1.54, 1.807) is 0 Å². The smallest absolute Gasteiger partial charge is 0.0279 e. The van der Waals surface area contributed by atoms with Gasteiger partial charge in [0.15, 0.2) is 0 Å². The molecule has 0 heteroatoms. The van der Waals surface area contributed by atoms with E-state index >= 15 is 0 Å². The van der Waals surface area contributed by atoms with Crippen molar-refractivity contribution in [2.24, 2.45) is 0 Å². The molecule has 0 saturated carbocycles. The number of rotatable bonds is 0. The highest BCUT2D eigenvalue weighted by Crippen LogP contribution is 2.15. The van der Waals surface area contributed by atoms with Gasteiger partial charge in [-0.05, 0) is 31.8 Å². The van der Waals surface area contributed by atoms with Crippen LogP contribution in [-0.2, 0) is 0 Å². The minimum Gasteiger partial charge on any atom is -0.0811 e. The lowest BCUT2D eigenvalue weighted by Crippen LogP contribution is -1.84. The second kappa shape index (κ2) is 20.1. The molecule has 0 unspecified atom stereocenters. The lowest BCUT2D eigenvalue weighted by Gasteiger charge is -2.04. The number of allylic oxidation sites excluding steroid dienone is 2. The van der Waals surface area contributed by atoms with E-state index in [4.69, 9.17) is 0 Å². The summed E-state index contributed by atoms with van der Waals surface area (Å²) in [6.07, 6.45) is 39.0. The Bertz CT molecular complexity index is 239. The highest BCUT2D eigenvalue weighted by Gasteiger charge is 1.96. The molecule has 147 valence electrons. The summed E-state index contributed by atoms with van der Waals surface area (Å²) in [5.74, 6) is 0. The average molecular weight is 348 g/mol. The van der Waals surface area contributed by atoms with Crippen LogP contribution in [0, 0.1) is 6.08 Å². The second-order valence-electron chi connectivity index (χ2n) is 8.37. The first-order chi connectivity index (χ1) is 12.5. The van der Waals surface area contributed by atoms with E-state index in [0.29, 0.717) is 0 Å². The Morgan fingerprint density at radius 3 is 0.960 bits per heavy atom. The number of hydrogen-bond donors (Lipinski definition) is 0. The van der Waals surface area contributed by atoms with Crippen LogP contribution >= 0.6 is 0 Å². The molecule has 0 aromatic heterocycles. The number of hydrogen-bond acceptors (Lipinski definition) is 0. The van der Waals surface area contributed by atoms with Gasteiger partial charge in [-0.2, -0.15) is 0 Å². The molecule has 0 aromatic carbocycles. The Balaban J connectivity index is 2.04. The van der Waals surface area contributed by atoms with Crippen molar-refractivity contribution in [3.63, 3.8) is 0 Å². The average Bonchev–Trinajstić information content (AvgIpc) is 2.62. The first-order valence-corrected chi connectivity index (χ1v) is 12.1. The first kappa shape index (κ1) is 22.8. The van der Waals surface area contributed by atoms with E-state index < -0.39 is 0 Å². The van der Waals surface area contributed by atoms with Gasteiger partial charge in [-0.1, -0.05) is 128 Å². The molecular weight excluding hydrogens is 300 g/mol. The van der Waals surface area contributed by atoms with Crippen LogP contribution in [0.15, 0.2) is 6.08 Å². The van der Waals surface area contributed by atoms with Gasteiger partial charge in [0.05, 0.1) is 0 Å². The van der Waals surface area contributed by atoms with Crippen molar-refractivity contribution in [1.82, 2.24) is 0 Å². The molecule has 0 fully saturated rings. The molecular formula is C25H47. The summed E-state index contributed by atoms with van der Waals surface area (Å²) < 4.78 is 0. The maximum Gasteiger partial charge on any atom is -0.0279 e. The molecule has 25 heavy (non-hydrogen) atoms. The molecule has 1 aliphatic rings. The van der Waals surface area contributed by atoms with Gasteiger partial charge in [0.1, 0.15) is 0 Å². The minimum absolute atomic E-state index is 1.19. The topological polar surface area (TPSA) is 0 Å². The molecule has 0 atom stereocenters.